The van der Waals surface area contributed by atoms with E-state index < -0.39 is 0 Å². The van der Waals surface area contributed by atoms with Gasteiger partial charge in [-0.15, -0.1) is 0 Å². The molecule has 3 heteroatoms. The molecule has 74 valence electrons. The van der Waals surface area contributed by atoms with E-state index in [1.807, 2.05) is 6.07 Å². The molecule has 0 radical (unpaired) electrons. The molecule has 0 aliphatic carbocycles. The maximum absolute atomic E-state index is 4.30. The fourth-order valence-electron chi connectivity index (χ4n) is 1.52. The maximum Gasteiger partial charge on any atom is 0.191 e. The first-order valence-electron chi connectivity index (χ1n) is 4.96. The van der Waals surface area contributed by atoms with Crippen LogP contribution in [-0.4, -0.2) is 19.0 Å². The summed E-state index contributed by atoms with van der Waals surface area (Å²) in [5.41, 5.74) is 1.28. The highest BCUT2D eigenvalue weighted by Crippen LogP contribution is 2.10. The van der Waals surface area contributed by atoms with Crippen molar-refractivity contribution in [1.82, 2.24) is 10.6 Å². The third-order valence-corrected chi connectivity index (χ3v) is 2.33. The monoisotopic (exact) mass is 189 g/mol. The second-order valence-electron chi connectivity index (χ2n) is 3.43. The Morgan fingerprint density at radius 2 is 2.14 bits per heavy atom. The topological polar surface area (TPSA) is 36.4 Å². The molecule has 0 amide bonds. The van der Waals surface area contributed by atoms with E-state index in [2.05, 4.69) is 46.8 Å². The highest BCUT2D eigenvalue weighted by Gasteiger charge is 2.09. The molecule has 1 aliphatic rings. The van der Waals surface area contributed by atoms with Crippen LogP contribution in [0.4, 0.5) is 0 Å². The van der Waals surface area contributed by atoms with Crippen LogP contribution in [-0.2, 0) is 0 Å². The standard InChI is InChI=1S/C11H15N3/c1-9(10-5-3-2-4-6-10)14-11-12-7-8-13-11/h2-6,9H,7-8H2,1H3,(H2,12,13,14). The summed E-state index contributed by atoms with van der Waals surface area (Å²) in [6, 6.07) is 10.7. The normalized spacial score (nSPS) is 17.1. The average Bonchev–Trinajstić information content (AvgIpc) is 2.72. The minimum absolute atomic E-state index is 0.306. The molecule has 1 aliphatic heterocycles. The largest absolute Gasteiger partial charge is 0.355 e. The van der Waals surface area contributed by atoms with Crippen molar-refractivity contribution in [1.29, 1.82) is 0 Å². The molecule has 1 heterocycles. The first kappa shape index (κ1) is 9.06. The summed E-state index contributed by atoms with van der Waals surface area (Å²) in [5.74, 6) is 0.918. The van der Waals surface area contributed by atoms with Gasteiger partial charge in [-0.2, -0.15) is 0 Å². The van der Waals surface area contributed by atoms with Crippen LogP contribution < -0.4 is 10.6 Å². The fraction of sp³-hybridized carbons (Fsp3) is 0.364. The van der Waals surface area contributed by atoms with Crippen molar-refractivity contribution in [2.24, 2.45) is 4.99 Å². The number of hydrogen-bond donors (Lipinski definition) is 2. The minimum Gasteiger partial charge on any atom is -0.355 e. The van der Waals surface area contributed by atoms with Crippen molar-refractivity contribution in [3.63, 3.8) is 0 Å². The predicted molar refractivity (Wildman–Crippen MR) is 58.3 cm³/mol. The van der Waals surface area contributed by atoms with Crippen LogP contribution in [0.15, 0.2) is 35.3 Å². The lowest BCUT2D eigenvalue weighted by Gasteiger charge is -2.15. The molecule has 2 N–H and O–H groups in total. The molecular weight excluding hydrogens is 174 g/mol. The second-order valence-corrected chi connectivity index (χ2v) is 3.43. The minimum atomic E-state index is 0.306. The van der Waals surface area contributed by atoms with E-state index in [0.717, 1.165) is 19.0 Å². The lowest BCUT2D eigenvalue weighted by atomic mass is 10.1. The molecule has 0 aromatic heterocycles. The zero-order chi connectivity index (χ0) is 9.80. The molecule has 0 saturated carbocycles. The molecule has 1 unspecified atom stereocenters. The highest BCUT2D eigenvalue weighted by molar-refractivity contribution is 5.81. The van der Waals surface area contributed by atoms with Gasteiger partial charge in [0.2, 0.25) is 0 Å². The van der Waals surface area contributed by atoms with Crippen molar-refractivity contribution < 1.29 is 0 Å². The van der Waals surface area contributed by atoms with E-state index in [1.54, 1.807) is 0 Å². The molecule has 0 fully saturated rings. The second kappa shape index (κ2) is 4.13. The Balaban J connectivity index is 1.99. The van der Waals surface area contributed by atoms with Gasteiger partial charge in [0.1, 0.15) is 0 Å². The van der Waals surface area contributed by atoms with Crippen molar-refractivity contribution in [3.05, 3.63) is 35.9 Å². The van der Waals surface area contributed by atoms with Gasteiger partial charge in [-0.3, -0.25) is 4.99 Å². The molecule has 2 rings (SSSR count). The number of benzene rings is 1. The summed E-state index contributed by atoms with van der Waals surface area (Å²) >= 11 is 0. The number of nitrogens with zero attached hydrogens (tertiary/aromatic N) is 1. The van der Waals surface area contributed by atoms with Crippen molar-refractivity contribution in [2.75, 3.05) is 13.1 Å². The van der Waals surface area contributed by atoms with Crippen LogP contribution >= 0.6 is 0 Å². The van der Waals surface area contributed by atoms with Gasteiger partial charge < -0.3 is 10.6 Å². The van der Waals surface area contributed by atoms with Gasteiger partial charge in [-0.25, -0.2) is 0 Å². The lowest BCUT2D eigenvalue weighted by Crippen LogP contribution is -2.35. The Kier molecular flexibility index (Phi) is 2.68. The zero-order valence-electron chi connectivity index (χ0n) is 8.33. The van der Waals surface area contributed by atoms with Crippen molar-refractivity contribution in [2.45, 2.75) is 13.0 Å². The van der Waals surface area contributed by atoms with Gasteiger partial charge in [-0.1, -0.05) is 30.3 Å². The Morgan fingerprint density at radius 1 is 1.36 bits per heavy atom. The molecule has 0 spiro atoms. The number of rotatable bonds is 2. The third-order valence-electron chi connectivity index (χ3n) is 2.33. The van der Waals surface area contributed by atoms with Gasteiger partial charge in [0.05, 0.1) is 12.6 Å². The molecule has 1 aromatic carbocycles. The summed E-state index contributed by atoms with van der Waals surface area (Å²) in [5, 5.41) is 6.53. The van der Waals surface area contributed by atoms with Crippen molar-refractivity contribution >= 4 is 5.96 Å². The van der Waals surface area contributed by atoms with Gasteiger partial charge in [0.15, 0.2) is 5.96 Å². The summed E-state index contributed by atoms with van der Waals surface area (Å²) in [6.45, 7) is 3.96. The van der Waals surface area contributed by atoms with E-state index in [1.165, 1.54) is 5.56 Å². The average molecular weight is 189 g/mol. The molecule has 3 nitrogen and oxygen atoms in total. The molecular formula is C11H15N3. The van der Waals surface area contributed by atoms with Crippen LogP contribution in [0.2, 0.25) is 0 Å². The molecule has 0 saturated heterocycles. The Bertz CT molecular complexity index is 319. The molecule has 1 aromatic rings. The maximum atomic E-state index is 4.30. The molecule has 14 heavy (non-hydrogen) atoms. The van der Waals surface area contributed by atoms with Gasteiger partial charge in [0.25, 0.3) is 0 Å². The predicted octanol–water partition coefficient (Wildman–Crippen LogP) is 1.30. The SMILES string of the molecule is CC(NC1=NCCN1)c1ccccc1. The van der Waals surface area contributed by atoms with Crippen LogP contribution in [0.1, 0.15) is 18.5 Å². The Labute approximate surface area is 84.2 Å². The number of guanidine groups is 1. The Hall–Kier alpha value is -1.51. The van der Waals surface area contributed by atoms with Crippen LogP contribution in [0.5, 0.6) is 0 Å². The zero-order valence-corrected chi connectivity index (χ0v) is 8.33. The van der Waals surface area contributed by atoms with Gasteiger partial charge in [0, 0.05) is 6.54 Å². The lowest BCUT2D eigenvalue weighted by molar-refractivity contribution is 0.702. The summed E-state index contributed by atoms with van der Waals surface area (Å²) < 4.78 is 0. The first-order chi connectivity index (χ1) is 6.86. The highest BCUT2D eigenvalue weighted by atomic mass is 15.2. The quantitative estimate of drug-likeness (QED) is 0.735. The summed E-state index contributed by atoms with van der Waals surface area (Å²) in [7, 11) is 0. The van der Waals surface area contributed by atoms with E-state index in [4.69, 9.17) is 0 Å². The fourth-order valence-corrected chi connectivity index (χ4v) is 1.52. The van der Waals surface area contributed by atoms with E-state index in [0.29, 0.717) is 6.04 Å². The third kappa shape index (κ3) is 2.05. The van der Waals surface area contributed by atoms with Crippen molar-refractivity contribution in [3.8, 4) is 0 Å². The van der Waals surface area contributed by atoms with Gasteiger partial charge >= 0.3 is 0 Å². The number of nitrogens with one attached hydrogen (secondary N) is 2. The van der Waals surface area contributed by atoms with Crippen LogP contribution in [0.25, 0.3) is 0 Å². The van der Waals surface area contributed by atoms with Gasteiger partial charge in [-0.05, 0) is 12.5 Å². The van der Waals surface area contributed by atoms with E-state index >= 15 is 0 Å². The summed E-state index contributed by atoms with van der Waals surface area (Å²) in [6.07, 6.45) is 0. The van der Waals surface area contributed by atoms with E-state index in [9.17, 15) is 0 Å². The smallest absolute Gasteiger partial charge is 0.191 e. The van der Waals surface area contributed by atoms with Crippen LogP contribution in [0.3, 0.4) is 0 Å². The summed E-state index contributed by atoms with van der Waals surface area (Å²) in [4.78, 5) is 4.30. The first-order valence-corrected chi connectivity index (χ1v) is 4.96. The number of hydrogen-bond acceptors (Lipinski definition) is 3. The Morgan fingerprint density at radius 3 is 2.79 bits per heavy atom. The van der Waals surface area contributed by atoms with E-state index in [-0.39, 0.29) is 0 Å². The van der Waals surface area contributed by atoms with Crippen LogP contribution in [0, 0.1) is 0 Å². The molecule has 1 atom stereocenters. The number of aliphatic imine (C=N–C) groups is 1. The molecule has 0 bridgehead atoms.